The Hall–Kier alpha value is -1.56. The summed E-state index contributed by atoms with van der Waals surface area (Å²) in [5.74, 6) is 0.749. The summed E-state index contributed by atoms with van der Waals surface area (Å²) in [7, 11) is 0. The van der Waals surface area contributed by atoms with Crippen molar-refractivity contribution in [1.82, 2.24) is 9.88 Å². The highest BCUT2D eigenvalue weighted by molar-refractivity contribution is 9.10. The fraction of sp³-hybridized carbons (Fsp3) is 0.429. The highest BCUT2D eigenvalue weighted by Crippen LogP contribution is 2.25. The quantitative estimate of drug-likeness (QED) is 0.779. The average Bonchev–Trinajstić information content (AvgIpc) is 2.47. The van der Waals surface area contributed by atoms with Crippen molar-refractivity contribution < 1.29 is 9.53 Å². The maximum Gasteiger partial charge on any atom is 0.414 e. The van der Waals surface area contributed by atoms with E-state index in [2.05, 4.69) is 26.2 Å². The van der Waals surface area contributed by atoms with Crippen LogP contribution in [0.1, 0.15) is 33.3 Å². The van der Waals surface area contributed by atoms with Gasteiger partial charge in [-0.1, -0.05) is 0 Å². The zero-order chi connectivity index (χ0) is 14.9. The lowest BCUT2D eigenvalue weighted by Crippen LogP contribution is -2.35. The van der Waals surface area contributed by atoms with Gasteiger partial charge in [0.05, 0.1) is 6.54 Å². The van der Waals surface area contributed by atoms with E-state index >= 15 is 0 Å². The summed E-state index contributed by atoms with van der Waals surface area (Å²) in [4.78, 5) is 18.2. The van der Waals surface area contributed by atoms with Gasteiger partial charge in [-0.3, -0.25) is 4.90 Å². The number of carbonyl (C=O) groups excluding carboxylic acids is 1. The molecule has 2 rings (SSSR count). The van der Waals surface area contributed by atoms with Gasteiger partial charge >= 0.3 is 6.09 Å². The first kappa shape index (κ1) is 14.8. The zero-order valence-electron chi connectivity index (χ0n) is 12.0. The number of hydrogen-bond donors (Lipinski definition) is 1. The van der Waals surface area contributed by atoms with Crippen molar-refractivity contribution in [3.63, 3.8) is 0 Å². The topological polar surface area (TPSA) is 54.5 Å². The number of nitrogens with zero attached hydrogens (tertiary/aromatic N) is 2. The van der Waals surface area contributed by atoms with Gasteiger partial charge < -0.3 is 10.1 Å². The summed E-state index contributed by atoms with van der Waals surface area (Å²) in [6, 6.07) is 1.94. The molecule has 1 aliphatic rings. The second-order valence-electron chi connectivity index (χ2n) is 5.66. The second kappa shape index (κ2) is 5.44. The Balaban J connectivity index is 2.28. The van der Waals surface area contributed by atoms with Gasteiger partial charge in [0.2, 0.25) is 0 Å². The maximum atomic E-state index is 12.3. The molecule has 1 aromatic heterocycles. The molecule has 108 valence electrons. The van der Waals surface area contributed by atoms with E-state index in [0.29, 0.717) is 6.54 Å². The summed E-state index contributed by atoms with van der Waals surface area (Å²) in [5.41, 5.74) is 1.20. The number of allylic oxidation sites excluding steroid dienone is 1. The lowest BCUT2D eigenvalue weighted by atomic mass is 10.2. The van der Waals surface area contributed by atoms with E-state index in [-0.39, 0.29) is 6.09 Å². The number of anilines is 1. The summed E-state index contributed by atoms with van der Waals surface area (Å²) >= 11 is 3.39. The van der Waals surface area contributed by atoms with Crippen LogP contribution in [0.25, 0.3) is 0 Å². The van der Waals surface area contributed by atoms with E-state index in [9.17, 15) is 4.79 Å². The van der Waals surface area contributed by atoms with Crippen LogP contribution in [0.15, 0.2) is 28.6 Å². The van der Waals surface area contributed by atoms with Crippen LogP contribution in [-0.4, -0.2) is 21.6 Å². The monoisotopic (exact) mass is 339 g/mol. The molecular formula is C14H18BrN3O2. The van der Waals surface area contributed by atoms with Gasteiger partial charge in [-0.15, -0.1) is 0 Å². The third-order valence-electron chi connectivity index (χ3n) is 2.72. The van der Waals surface area contributed by atoms with E-state index in [0.717, 1.165) is 21.6 Å². The highest BCUT2D eigenvalue weighted by atomic mass is 79.9. The molecule has 0 aromatic carbocycles. The molecule has 6 heteroatoms. The standard InChI is InChI=1S/C14H18BrN3O2/c1-9-6-16-12-10(5-11(15)7-17-12)8-18(9)13(19)20-14(2,3)4/h5-7H,8H2,1-4H3,(H,16,17). The van der Waals surface area contributed by atoms with Gasteiger partial charge in [0.25, 0.3) is 0 Å². The van der Waals surface area contributed by atoms with Crippen LogP contribution in [0.3, 0.4) is 0 Å². The normalized spacial score (nSPS) is 14.8. The highest BCUT2D eigenvalue weighted by Gasteiger charge is 2.25. The van der Waals surface area contributed by atoms with Gasteiger partial charge in [-0.25, -0.2) is 9.78 Å². The molecule has 1 aliphatic heterocycles. The molecule has 2 heterocycles. The van der Waals surface area contributed by atoms with E-state index in [1.54, 1.807) is 17.3 Å². The smallest absolute Gasteiger partial charge is 0.414 e. The lowest BCUT2D eigenvalue weighted by molar-refractivity contribution is 0.0302. The minimum absolute atomic E-state index is 0.360. The van der Waals surface area contributed by atoms with E-state index in [4.69, 9.17) is 4.74 Å². The largest absolute Gasteiger partial charge is 0.443 e. The first-order valence-electron chi connectivity index (χ1n) is 6.34. The van der Waals surface area contributed by atoms with Gasteiger partial charge in [-0.05, 0) is 49.7 Å². The minimum atomic E-state index is -0.518. The number of amides is 1. The summed E-state index contributed by atoms with van der Waals surface area (Å²) in [5, 5.41) is 3.11. The maximum absolute atomic E-state index is 12.3. The molecule has 0 fully saturated rings. The molecule has 1 N–H and O–H groups in total. The van der Waals surface area contributed by atoms with Gasteiger partial charge in [-0.2, -0.15) is 0 Å². The van der Waals surface area contributed by atoms with Crippen molar-refractivity contribution >= 4 is 27.8 Å². The number of fused-ring (bicyclic) bond motifs is 1. The number of nitrogens with one attached hydrogen (secondary N) is 1. The molecule has 0 saturated carbocycles. The van der Waals surface area contributed by atoms with Crippen LogP contribution >= 0.6 is 15.9 Å². The van der Waals surface area contributed by atoms with Crippen molar-refractivity contribution in [3.05, 3.63) is 34.2 Å². The van der Waals surface area contributed by atoms with Crippen LogP contribution in [-0.2, 0) is 11.3 Å². The lowest BCUT2D eigenvalue weighted by Gasteiger charge is -2.27. The minimum Gasteiger partial charge on any atom is -0.443 e. The molecule has 5 nitrogen and oxygen atoms in total. The van der Waals surface area contributed by atoms with Gasteiger partial charge in [0, 0.05) is 28.1 Å². The van der Waals surface area contributed by atoms with Crippen molar-refractivity contribution in [1.29, 1.82) is 0 Å². The first-order chi connectivity index (χ1) is 9.26. The molecular weight excluding hydrogens is 322 g/mol. The predicted molar refractivity (Wildman–Crippen MR) is 81.1 cm³/mol. The van der Waals surface area contributed by atoms with Crippen LogP contribution in [0, 0.1) is 0 Å². The Bertz CT molecular complexity index is 564. The molecule has 20 heavy (non-hydrogen) atoms. The number of carbonyl (C=O) groups is 1. The molecule has 1 aromatic rings. The molecule has 0 unspecified atom stereocenters. The molecule has 0 saturated heterocycles. The van der Waals surface area contributed by atoms with E-state index in [1.165, 1.54) is 0 Å². The number of aromatic nitrogens is 1. The molecule has 0 aliphatic carbocycles. The summed E-state index contributed by atoms with van der Waals surface area (Å²) in [6.07, 6.45) is 3.12. The fourth-order valence-corrected chi connectivity index (χ4v) is 2.18. The van der Waals surface area contributed by atoms with Crippen molar-refractivity contribution in [2.75, 3.05) is 5.32 Å². The molecule has 0 bridgehead atoms. The predicted octanol–water partition coefficient (Wildman–Crippen LogP) is 3.87. The Labute approximate surface area is 127 Å². The van der Waals surface area contributed by atoms with Crippen molar-refractivity contribution in [2.45, 2.75) is 39.8 Å². The van der Waals surface area contributed by atoms with Gasteiger partial charge in [0.1, 0.15) is 11.4 Å². The molecule has 1 amide bonds. The first-order valence-corrected chi connectivity index (χ1v) is 7.14. The SMILES string of the molecule is CC1=CNc2ncc(Br)cc2CN1C(=O)OC(C)(C)C. The van der Waals surface area contributed by atoms with Gasteiger partial charge in [0.15, 0.2) is 0 Å². The Morgan fingerprint density at radius 1 is 1.50 bits per heavy atom. The summed E-state index contributed by atoms with van der Waals surface area (Å²) in [6.45, 7) is 7.84. The summed E-state index contributed by atoms with van der Waals surface area (Å²) < 4.78 is 6.31. The number of halogens is 1. The Morgan fingerprint density at radius 2 is 2.20 bits per heavy atom. The molecule has 0 radical (unpaired) electrons. The third kappa shape index (κ3) is 3.50. The van der Waals surface area contributed by atoms with E-state index in [1.807, 2.05) is 33.8 Å². The average molecular weight is 340 g/mol. The second-order valence-corrected chi connectivity index (χ2v) is 6.57. The zero-order valence-corrected chi connectivity index (χ0v) is 13.6. The molecule has 0 atom stereocenters. The van der Waals surface area contributed by atoms with Crippen molar-refractivity contribution in [3.8, 4) is 0 Å². The van der Waals surface area contributed by atoms with Crippen molar-refractivity contribution in [2.24, 2.45) is 0 Å². The number of rotatable bonds is 0. The third-order valence-corrected chi connectivity index (χ3v) is 3.15. The van der Waals surface area contributed by atoms with Crippen LogP contribution < -0.4 is 5.32 Å². The number of pyridine rings is 1. The fourth-order valence-electron chi connectivity index (χ4n) is 1.80. The number of ether oxygens (including phenoxy) is 1. The Kier molecular flexibility index (Phi) is 4.04. The Morgan fingerprint density at radius 3 is 2.85 bits per heavy atom. The van der Waals surface area contributed by atoms with Crippen LogP contribution in [0.4, 0.5) is 10.6 Å². The number of hydrogen-bond acceptors (Lipinski definition) is 4. The van der Waals surface area contributed by atoms with Crippen LogP contribution in [0.2, 0.25) is 0 Å². The van der Waals surface area contributed by atoms with E-state index < -0.39 is 5.60 Å². The van der Waals surface area contributed by atoms with Crippen LogP contribution in [0.5, 0.6) is 0 Å². The molecule has 0 spiro atoms.